The Hall–Kier alpha value is -3.86. The van der Waals surface area contributed by atoms with Crippen molar-refractivity contribution in [1.82, 2.24) is 14.9 Å². The number of aromatic nitrogens is 2. The third-order valence-electron chi connectivity index (χ3n) is 5.38. The van der Waals surface area contributed by atoms with Gasteiger partial charge in [-0.1, -0.05) is 36.4 Å². The Balaban J connectivity index is 1.36. The maximum absolute atomic E-state index is 13.2. The minimum Gasteiger partial charge on any atom is -0.457 e. The topological polar surface area (TPSA) is 58.2 Å². The summed E-state index contributed by atoms with van der Waals surface area (Å²) in [5, 5.41) is 1.12. The van der Waals surface area contributed by atoms with Gasteiger partial charge in [-0.2, -0.15) is 0 Å². The summed E-state index contributed by atoms with van der Waals surface area (Å²) in [6.45, 7) is 1.23. The summed E-state index contributed by atoms with van der Waals surface area (Å²) in [5.74, 6) is 1.27. The molecule has 1 N–H and O–H groups in total. The second-order valence-corrected chi connectivity index (χ2v) is 7.24. The molecule has 30 heavy (non-hydrogen) atoms. The molecule has 5 nitrogen and oxygen atoms in total. The third-order valence-corrected chi connectivity index (χ3v) is 5.38. The first kappa shape index (κ1) is 18.2. The number of carbonyl (C=O) groups is 1. The van der Waals surface area contributed by atoms with Crippen LogP contribution in [0.3, 0.4) is 0 Å². The van der Waals surface area contributed by atoms with Gasteiger partial charge in [0.15, 0.2) is 0 Å². The van der Waals surface area contributed by atoms with E-state index in [0.717, 1.165) is 23.0 Å². The van der Waals surface area contributed by atoms with Gasteiger partial charge in [-0.25, -0.2) is 4.98 Å². The number of ether oxygens (including phenoxy) is 1. The van der Waals surface area contributed by atoms with Crippen molar-refractivity contribution in [3.8, 4) is 11.5 Å². The van der Waals surface area contributed by atoms with Crippen LogP contribution in [0.2, 0.25) is 0 Å². The molecule has 0 unspecified atom stereocenters. The number of H-pyrrole nitrogens is 1. The van der Waals surface area contributed by atoms with Gasteiger partial charge in [-0.15, -0.1) is 0 Å². The lowest BCUT2D eigenvalue weighted by molar-refractivity contribution is 0.0770. The lowest BCUT2D eigenvalue weighted by Gasteiger charge is -2.27. The number of pyridine rings is 1. The van der Waals surface area contributed by atoms with E-state index >= 15 is 0 Å². The highest BCUT2D eigenvalue weighted by molar-refractivity contribution is 5.98. The van der Waals surface area contributed by atoms with Crippen molar-refractivity contribution in [2.75, 3.05) is 13.1 Å². The molecule has 1 aliphatic rings. The molecule has 5 rings (SSSR count). The molecular formula is C25H21N3O2. The highest BCUT2D eigenvalue weighted by Gasteiger charge is 2.23. The fraction of sp³-hybridized carbons (Fsp3) is 0.120. The van der Waals surface area contributed by atoms with Gasteiger partial charge in [-0.05, 0) is 48.4 Å². The van der Waals surface area contributed by atoms with Gasteiger partial charge in [0.1, 0.15) is 17.1 Å². The zero-order valence-electron chi connectivity index (χ0n) is 16.4. The van der Waals surface area contributed by atoms with Crippen LogP contribution in [-0.2, 0) is 0 Å². The Bertz CT molecular complexity index is 1230. The number of amides is 1. The van der Waals surface area contributed by atoms with Gasteiger partial charge in [0, 0.05) is 36.4 Å². The second kappa shape index (κ2) is 7.87. The number of rotatable bonds is 4. The molecule has 1 aliphatic heterocycles. The van der Waals surface area contributed by atoms with Crippen molar-refractivity contribution in [2.45, 2.75) is 6.42 Å². The third kappa shape index (κ3) is 3.46. The molecule has 0 fully saturated rings. The average molecular weight is 395 g/mol. The van der Waals surface area contributed by atoms with Gasteiger partial charge < -0.3 is 14.6 Å². The number of hydrogen-bond donors (Lipinski definition) is 1. The van der Waals surface area contributed by atoms with E-state index in [2.05, 4.69) is 22.1 Å². The Labute approximate surface area is 174 Å². The fourth-order valence-corrected chi connectivity index (χ4v) is 3.84. The van der Waals surface area contributed by atoms with Crippen LogP contribution in [0, 0.1) is 0 Å². The molecule has 2 aromatic heterocycles. The summed E-state index contributed by atoms with van der Waals surface area (Å²) in [6, 6.07) is 21.0. The Morgan fingerprint density at radius 2 is 1.83 bits per heavy atom. The van der Waals surface area contributed by atoms with E-state index in [1.807, 2.05) is 71.8 Å². The first-order valence-corrected chi connectivity index (χ1v) is 10.0. The van der Waals surface area contributed by atoms with Gasteiger partial charge in [0.25, 0.3) is 5.91 Å². The van der Waals surface area contributed by atoms with Crippen LogP contribution < -0.4 is 4.74 Å². The fourth-order valence-electron chi connectivity index (χ4n) is 3.84. The van der Waals surface area contributed by atoms with Crippen LogP contribution in [0.15, 0.2) is 85.2 Å². The smallest absolute Gasteiger partial charge is 0.257 e. The van der Waals surface area contributed by atoms with Gasteiger partial charge >= 0.3 is 0 Å². The molecule has 4 aromatic rings. The predicted molar refractivity (Wildman–Crippen MR) is 118 cm³/mol. The molecule has 0 radical (unpaired) electrons. The number of benzene rings is 2. The van der Waals surface area contributed by atoms with E-state index in [4.69, 9.17) is 4.74 Å². The SMILES string of the molecule is O=C(c1ccccc1Oc1ccccc1)N1CC=C(c2c[nH]c3ncccc23)CC1. The number of fused-ring (bicyclic) bond motifs is 1. The quantitative estimate of drug-likeness (QED) is 0.511. The molecule has 0 saturated heterocycles. The standard InChI is InChI=1S/C25H21N3O2/c29-25(21-9-4-5-11-23(21)30-19-7-2-1-3-8-19)28-15-12-18(13-16-28)22-17-27-24-20(22)10-6-14-26-24/h1-12,14,17H,13,15-16H2,(H,26,27). The van der Waals surface area contributed by atoms with Crippen LogP contribution in [0.1, 0.15) is 22.3 Å². The van der Waals surface area contributed by atoms with Crippen LogP contribution in [0.5, 0.6) is 11.5 Å². The lowest BCUT2D eigenvalue weighted by Crippen LogP contribution is -2.34. The van der Waals surface area contributed by atoms with E-state index in [0.29, 0.717) is 30.2 Å². The minimum absolute atomic E-state index is 0.0163. The maximum Gasteiger partial charge on any atom is 0.257 e. The summed E-state index contributed by atoms with van der Waals surface area (Å²) in [6.07, 6.45) is 6.73. The van der Waals surface area contributed by atoms with Crippen LogP contribution in [0.25, 0.3) is 16.6 Å². The van der Waals surface area contributed by atoms with Crippen molar-refractivity contribution >= 4 is 22.5 Å². The lowest BCUT2D eigenvalue weighted by atomic mass is 9.99. The van der Waals surface area contributed by atoms with Crippen molar-refractivity contribution in [3.63, 3.8) is 0 Å². The van der Waals surface area contributed by atoms with E-state index < -0.39 is 0 Å². The number of hydrogen-bond acceptors (Lipinski definition) is 3. The molecule has 148 valence electrons. The molecule has 0 bridgehead atoms. The van der Waals surface area contributed by atoms with E-state index in [1.165, 1.54) is 5.57 Å². The normalized spacial score (nSPS) is 13.9. The Morgan fingerprint density at radius 1 is 1.00 bits per heavy atom. The van der Waals surface area contributed by atoms with E-state index in [-0.39, 0.29) is 5.91 Å². The summed E-state index contributed by atoms with van der Waals surface area (Å²) in [4.78, 5) is 22.7. The average Bonchev–Trinajstić information content (AvgIpc) is 3.24. The van der Waals surface area contributed by atoms with E-state index in [1.54, 1.807) is 6.20 Å². The van der Waals surface area contributed by atoms with E-state index in [9.17, 15) is 4.79 Å². The van der Waals surface area contributed by atoms with Crippen molar-refractivity contribution in [3.05, 3.63) is 96.3 Å². The van der Waals surface area contributed by atoms with Crippen molar-refractivity contribution in [2.24, 2.45) is 0 Å². The van der Waals surface area contributed by atoms with Gasteiger partial charge in [-0.3, -0.25) is 4.79 Å². The summed E-state index contributed by atoms with van der Waals surface area (Å²) >= 11 is 0. The minimum atomic E-state index is -0.0163. The highest BCUT2D eigenvalue weighted by Crippen LogP contribution is 2.30. The number of aromatic amines is 1. The van der Waals surface area contributed by atoms with Crippen LogP contribution in [0.4, 0.5) is 0 Å². The van der Waals surface area contributed by atoms with Crippen LogP contribution >= 0.6 is 0 Å². The zero-order valence-corrected chi connectivity index (χ0v) is 16.4. The molecule has 0 spiro atoms. The first-order chi connectivity index (χ1) is 14.8. The number of para-hydroxylation sites is 2. The molecule has 0 aliphatic carbocycles. The van der Waals surface area contributed by atoms with Gasteiger partial charge in [0.2, 0.25) is 0 Å². The maximum atomic E-state index is 13.2. The highest BCUT2D eigenvalue weighted by atomic mass is 16.5. The number of carbonyl (C=O) groups excluding carboxylic acids is 1. The largest absolute Gasteiger partial charge is 0.457 e. The predicted octanol–water partition coefficient (Wildman–Crippen LogP) is 5.28. The van der Waals surface area contributed by atoms with Crippen molar-refractivity contribution in [1.29, 1.82) is 0 Å². The number of nitrogens with one attached hydrogen (secondary N) is 1. The zero-order chi connectivity index (χ0) is 20.3. The molecular weight excluding hydrogens is 374 g/mol. The Kier molecular flexibility index (Phi) is 4.77. The summed E-state index contributed by atoms with van der Waals surface area (Å²) in [7, 11) is 0. The second-order valence-electron chi connectivity index (χ2n) is 7.24. The molecule has 2 aromatic carbocycles. The molecule has 1 amide bonds. The Morgan fingerprint density at radius 3 is 2.67 bits per heavy atom. The number of nitrogens with zero attached hydrogens (tertiary/aromatic N) is 2. The van der Waals surface area contributed by atoms with Crippen molar-refractivity contribution < 1.29 is 9.53 Å². The monoisotopic (exact) mass is 395 g/mol. The van der Waals surface area contributed by atoms with Gasteiger partial charge in [0.05, 0.1) is 5.56 Å². The molecule has 3 heterocycles. The summed E-state index contributed by atoms with van der Waals surface area (Å²) in [5.41, 5.74) is 3.87. The summed E-state index contributed by atoms with van der Waals surface area (Å²) < 4.78 is 5.98. The first-order valence-electron chi connectivity index (χ1n) is 10.0. The molecule has 0 atom stereocenters. The molecule has 0 saturated carbocycles. The van der Waals surface area contributed by atoms with Crippen LogP contribution in [-0.4, -0.2) is 33.9 Å². The molecule has 5 heteroatoms.